The first-order chi connectivity index (χ1) is 8.74. The van der Waals surface area contributed by atoms with Gasteiger partial charge < -0.3 is 10.6 Å². The number of nitrogens with one attached hydrogen (secondary N) is 2. The maximum absolute atomic E-state index is 12.3. The lowest BCUT2D eigenvalue weighted by molar-refractivity contribution is -0.129. The summed E-state index contributed by atoms with van der Waals surface area (Å²) in [4.78, 5) is 12.3. The van der Waals surface area contributed by atoms with Crippen LogP contribution >= 0.6 is 15.9 Å². The Hall–Kier alpha value is -0.870. The van der Waals surface area contributed by atoms with Crippen molar-refractivity contribution in [3.8, 4) is 0 Å². The molecule has 18 heavy (non-hydrogen) atoms. The van der Waals surface area contributed by atoms with Crippen molar-refractivity contribution in [3.05, 3.63) is 34.3 Å². The minimum atomic E-state index is -0.199. The van der Waals surface area contributed by atoms with Gasteiger partial charge >= 0.3 is 0 Å². The molecule has 2 N–H and O–H groups in total. The van der Waals surface area contributed by atoms with Gasteiger partial charge in [-0.1, -0.05) is 34.1 Å². The van der Waals surface area contributed by atoms with Crippen LogP contribution in [0.4, 0.5) is 0 Å². The minimum Gasteiger partial charge on any atom is -0.355 e. The Bertz CT molecular complexity index is 469. The fraction of sp³-hybridized carbons (Fsp3) is 0.500. The lowest BCUT2D eigenvalue weighted by atomic mass is 9.68. The highest BCUT2D eigenvalue weighted by Crippen LogP contribution is 2.47. The maximum Gasteiger partial charge on any atom is 0.227 e. The topological polar surface area (TPSA) is 41.1 Å². The molecule has 96 valence electrons. The van der Waals surface area contributed by atoms with E-state index in [0.29, 0.717) is 5.92 Å². The van der Waals surface area contributed by atoms with E-state index in [1.165, 1.54) is 5.56 Å². The van der Waals surface area contributed by atoms with Gasteiger partial charge in [0.1, 0.15) is 0 Å². The fourth-order valence-corrected chi connectivity index (χ4v) is 3.90. The summed E-state index contributed by atoms with van der Waals surface area (Å²) in [5.41, 5.74) is 1.06. The predicted molar refractivity (Wildman–Crippen MR) is 74.4 cm³/mol. The van der Waals surface area contributed by atoms with Crippen molar-refractivity contribution in [1.82, 2.24) is 10.6 Å². The summed E-state index contributed by atoms with van der Waals surface area (Å²) in [5.74, 6) is 0.535. The molecule has 2 heterocycles. The smallest absolute Gasteiger partial charge is 0.227 e. The average molecular weight is 309 g/mol. The van der Waals surface area contributed by atoms with Gasteiger partial charge in [-0.2, -0.15) is 0 Å². The highest BCUT2D eigenvalue weighted by Gasteiger charge is 2.51. The van der Waals surface area contributed by atoms with E-state index < -0.39 is 0 Å². The molecule has 2 aliphatic heterocycles. The molecule has 2 saturated heterocycles. The van der Waals surface area contributed by atoms with Gasteiger partial charge in [-0.25, -0.2) is 0 Å². The number of carbonyl (C=O) groups is 1. The molecule has 3 nitrogen and oxygen atoms in total. The van der Waals surface area contributed by atoms with Gasteiger partial charge in [-0.3, -0.25) is 4.79 Å². The second kappa shape index (κ2) is 4.67. The SMILES string of the molecule is O=C1NCC(c2ccccc2Br)C12CCNCC2. The Balaban J connectivity index is 2.01. The number of carbonyl (C=O) groups excluding carboxylic acids is 1. The van der Waals surface area contributed by atoms with E-state index in [1.807, 2.05) is 6.07 Å². The largest absolute Gasteiger partial charge is 0.355 e. The van der Waals surface area contributed by atoms with Crippen LogP contribution in [0.2, 0.25) is 0 Å². The number of hydrogen-bond acceptors (Lipinski definition) is 2. The number of benzene rings is 1. The van der Waals surface area contributed by atoms with Gasteiger partial charge in [0.15, 0.2) is 0 Å². The second-order valence-electron chi connectivity index (χ2n) is 5.19. The quantitative estimate of drug-likeness (QED) is 0.833. The molecule has 2 aliphatic rings. The number of hydrogen-bond donors (Lipinski definition) is 2. The molecule has 0 aliphatic carbocycles. The average Bonchev–Trinajstić information content (AvgIpc) is 2.69. The van der Waals surface area contributed by atoms with Crippen molar-refractivity contribution in [2.45, 2.75) is 18.8 Å². The number of rotatable bonds is 1. The van der Waals surface area contributed by atoms with Crippen LogP contribution in [0.5, 0.6) is 0 Å². The summed E-state index contributed by atoms with van der Waals surface area (Å²) >= 11 is 3.62. The molecule has 1 amide bonds. The summed E-state index contributed by atoms with van der Waals surface area (Å²) in [6.07, 6.45) is 1.87. The minimum absolute atomic E-state index is 0.199. The Labute approximate surface area is 115 Å². The number of halogens is 1. The standard InChI is InChI=1S/C14H17BrN2O/c15-12-4-2-1-3-10(12)11-9-17-13(18)14(11)5-7-16-8-6-14/h1-4,11,16H,5-9H2,(H,17,18). The Morgan fingerprint density at radius 3 is 2.67 bits per heavy atom. The number of piperidine rings is 1. The zero-order valence-electron chi connectivity index (χ0n) is 10.2. The summed E-state index contributed by atoms with van der Waals surface area (Å²) in [6, 6.07) is 8.27. The molecule has 2 fully saturated rings. The molecule has 0 aromatic heterocycles. The van der Waals surface area contributed by atoms with E-state index in [4.69, 9.17) is 0 Å². The lowest BCUT2D eigenvalue weighted by Gasteiger charge is -2.36. The van der Waals surface area contributed by atoms with E-state index in [-0.39, 0.29) is 11.3 Å². The molecule has 3 rings (SSSR count). The zero-order valence-corrected chi connectivity index (χ0v) is 11.8. The molecule has 0 radical (unpaired) electrons. The van der Waals surface area contributed by atoms with E-state index in [0.717, 1.165) is 36.9 Å². The first-order valence-electron chi connectivity index (χ1n) is 6.47. The molecule has 1 aromatic rings. The van der Waals surface area contributed by atoms with Crippen molar-refractivity contribution in [3.63, 3.8) is 0 Å². The van der Waals surface area contributed by atoms with E-state index >= 15 is 0 Å². The Morgan fingerprint density at radius 1 is 1.22 bits per heavy atom. The van der Waals surface area contributed by atoms with Crippen LogP contribution in [0.25, 0.3) is 0 Å². The molecule has 4 heteroatoms. The van der Waals surface area contributed by atoms with Crippen LogP contribution in [0.1, 0.15) is 24.3 Å². The molecule has 0 saturated carbocycles. The Kier molecular flexibility index (Phi) is 3.16. The molecule has 1 spiro atoms. The monoisotopic (exact) mass is 308 g/mol. The van der Waals surface area contributed by atoms with Crippen LogP contribution in [-0.4, -0.2) is 25.5 Å². The van der Waals surface area contributed by atoms with Crippen LogP contribution in [0, 0.1) is 5.41 Å². The van der Waals surface area contributed by atoms with Crippen LogP contribution in [0.3, 0.4) is 0 Å². The molecule has 1 unspecified atom stereocenters. The second-order valence-corrected chi connectivity index (χ2v) is 6.04. The number of amides is 1. The van der Waals surface area contributed by atoms with E-state index in [9.17, 15) is 4.79 Å². The summed E-state index contributed by atoms with van der Waals surface area (Å²) in [6.45, 7) is 2.64. The zero-order chi connectivity index (χ0) is 12.6. The molecular weight excluding hydrogens is 292 g/mol. The molecular formula is C14H17BrN2O. The van der Waals surface area contributed by atoms with Crippen molar-refractivity contribution in [1.29, 1.82) is 0 Å². The third-order valence-corrected chi connectivity index (χ3v) is 5.08. The molecule has 0 bridgehead atoms. The van der Waals surface area contributed by atoms with Gasteiger partial charge in [-0.05, 0) is 37.6 Å². The van der Waals surface area contributed by atoms with Crippen LogP contribution in [-0.2, 0) is 4.79 Å². The molecule has 1 aromatic carbocycles. The highest BCUT2D eigenvalue weighted by molar-refractivity contribution is 9.10. The van der Waals surface area contributed by atoms with Gasteiger partial charge in [0.05, 0.1) is 5.41 Å². The normalized spacial score (nSPS) is 26.3. The third-order valence-electron chi connectivity index (χ3n) is 4.36. The van der Waals surface area contributed by atoms with E-state index in [2.05, 4.69) is 44.8 Å². The molecule has 1 atom stereocenters. The van der Waals surface area contributed by atoms with E-state index in [1.54, 1.807) is 0 Å². The van der Waals surface area contributed by atoms with Crippen molar-refractivity contribution >= 4 is 21.8 Å². The van der Waals surface area contributed by atoms with Gasteiger partial charge in [0.25, 0.3) is 0 Å². The van der Waals surface area contributed by atoms with Crippen molar-refractivity contribution in [2.75, 3.05) is 19.6 Å². The summed E-state index contributed by atoms with van der Waals surface area (Å²) in [7, 11) is 0. The van der Waals surface area contributed by atoms with Crippen molar-refractivity contribution in [2.24, 2.45) is 5.41 Å². The van der Waals surface area contributed by atoms with Crippen LogP contribution in [0.15, 0.2) is 28.7 Å². The lowest BCUT2D eigenvalue weighted by Crippen LogP contribution is -2.44. The summed E-state index contributed by atoms with van der Waals surface area (Å²) in [5, 5.41) is 6.42. The third kappa shape index (κ3) is 1.79. The van der Waals surface area contributed by atoms with Gasteiger partial charge in [0, 0.05) is 16.9 Å². The first-order valence-corrected chi connectivity index (χ1v) is 7.27. The fourth-order valence-electron chi connectivity index (χ4n) is 3.34. The first kappa shape index (κ1) is 12.2. The predicted octanol–water partition coefficient (Wildman–Crippen LogP) is 2.03. The maximum atomic E-state index is 12.3. The van der Waals surface area contributed by atoms with Gasteiger partial charge in [0.2, 0.25) is 5.91 Å². The van der Waals surface area contributed by atoms with Crippen molar-refractivity contribution < 1.29 is 4.79 Å². The van der Waals surface area contributed by atoms with Gasteiger partial charge in [-0.15, -0.1) is 0 Å². The van der Waals surface area contributed by atoms with Crippen LogP contribution < -0.4 is 10.6 Å². The Morgan fingerprint density at radius 2 is 1.94 bits per heavy atom. The summed E-state index contributed by atoms with van der Waals surface area (Å²) < 4.78 is 1.12. The highest BCUT2D eigenvalue weighted by atomic mass is 79.9.